The topological polar surface area (TPSA) is 131 Å². The number of rotatable bonds is 6. The number of nitrogens with zero attached hydrogens (tertiary/aromatic N) is 5. The maximum Gasteiger partial charge on any atom is 0.231 e. The SMILES string of the molecule is COc1cc2c(cc1Nc1nc(Nc3ccccc3P(C)(C)=O)c3c(C#N)c[nH]c3n1)OC[C@H]1CN(C)CCN21. The first-order valence-electron chi connectivity index (χ1n) is 13.0. The summed E-state index contributed by atoms with van der Waals surface area (Å²) in [4.78, 5) is 17.2. The molecule has 0 radical (unpaired) electrons. The van der Waals surface area contributed by atoms with Gasteiger partial charge in [-0.25, -0.2) is 0 Å². The van der Waals surface area contributed by atoms with Gasteiger partial charge in [-0.2, -0.15) is 15.2 Å². The van der Waals surface area contributed by atoms with Crippen molar-refractivity contribution in [3.8, 4) is 17.6 Å². The van der Waals surface area contributed by atoms with Gasteiger partial charge in [0, 0.05) is 43.3 Å². The molecule has 6 rings (SSSR count). The number of aromatic nitrogens is 3. The summed E-state index contributed by atoms with van der Waals surface area (Å²) in [5.41, 5.74) is 3.21. The number of benzene rings is 2. The number of likely N-dealkylation sites (N-methyl/N-ethyl adjacent to an activating group) is 1. The van der Waals surface area contributed by atoms with Gasteiger partial charge >= 0.3 is 0 Å². The highest BCUT2D eigenvalue weighted by molar-refractivity contribution is 7.70. The average Bonchev–Trinajstić information content (AvgIpc) is 3.35. The smallest absolute Gasteiger partial charge is 0.231 e. The molecule has 0 amide bonds. The highest BCUT2D eigenvalue weighted by Crippen LogP contribution is 2.43. The van der Waals surface area contributed by atoms with E-state index in [2.05, 4.69) is 43.5 Å². The van der Waals surface area contributed by atoms with Gasteiger partial charge in [0.2, 0.25) is 5.95 Å². The Morgan fingerprint density at radius 3 is 2.77 bits per heavy atom. The van der Waals surface area contributed by atoms with Crippen LogP contribution in [-0.4, -0.2) is 79.6 Å². The fourth-order valence-corrected chi connectivity index (χ4v) is 6.53. The van der Waals surface area contributed by atoms with E-state index in [-0.39, 0.29) is 0 Å². The van der Waals surface area contributed by atoms with Crippen molar-refractivity contribution in [2.75, 3.05) is 69.3 Å². The summed E-state index contributed by atoms with van der Waals surface area (Å²) in [6.45, 7) is 6.90. The summed E-state index contributed by atoms with van der Waals surface area (Å²) in [6, 6.07) is 13.8. The lowest BCUT2D eigenvalue weighted by Crippen LogP contribution is -2.56. The fourth-order valence-electron chi connectivity index (χ4n) is 5.38. The molecule has 1 saturated heterocycles. The molecule has 2 aliphatic rings. The number of nitrogens with one attached hydrogen (secondary N) is 3. The second-order valence-electron chi connectivity index (χ2n) is 10.5. The molecule has 40 heavy (non-hydrogen) atoms. The number of nitriles is 1. The van der Waals surface area contributed by atoms with Gasteiger partial charge in [-0.05, 0) is 32.5 Å². The second-order valence-corrected chi connectivity index (χ2v) is 13.7. The lowest BCUT2D eigenvalue weighted by Gasteiger charge is -2.44. The van der Waals surface area contributed by atoms with E-state index in [9.17, 15) is 9.83 Å². The van der Waals surface area contributed by atoms with Crippen LogP contribution in [-0.2, 0) is 4.57 Å². The Kier molecular flexibility index (Phi) is 6.53. The van der Waals surface area contributed by atoms with Crippen molar-refractivity contribution in [2.45, 2.75) is 6.04 Å². The third-order valence-electron chi connectivity index (χ3n) is 7.34. The van der Waals surface area contributed by atoms with Crippen molar-refractivity contribution in [2.24, 2.45) is 0 Å². The number of hydrogen-bond donors (Lipinski definition) is 3. The van der Waals surface area contributed by atoms with Gasteiger partial charge in [-0.15, -0.1) is 0 Å². The molecule has 2 aromatic carbocycles. The molecule has 4 heterocycles. The molecule has 0 unspecified atom stereocenters. The van der Waals surface area contributed by atoms with Crippen molar-refractivity contribution < 1.29 is 14.0 Å². The predicted molar refractivity (Wildman–Crippen MR) is 158 cm³/mol. The Morgan fingerprint density at radius 1 is 1.18 bits per heavy atom. The minimum absolute atomic E-state index is 0.292. The number of anilines is 5. The van der Waals surface area contributed by atoms with Crippen LogP contribution in [0.25, 0.3) is 11.0 Å². The van der Waals surface area contributed by atoms with Gasteiger partial charge in [0.25, 0.3) is 0 Å². The van der Waals surface area contributed by atoms with Gasteiger partial charge in [-0.1, -0.05) is 12.1 Å². The minimum Gasteiger partial charge on any atom is -0.494 e. The molecule has 206 valence electrons. The van der Waals surface area contributed by atoms with Crippen LogP contribution in [0, 0.1) is 11.3 Å². The molecular weight excluding hydrogens is 527 g/mol. The summed E-state index contributed by atoms with van der Waals surface area (Å²) < 4.78 is 24.9. The van der Waals surface area contributed by atoms with Crippen LogP contribution in [0.1, 0.15) is 5.56 Å². The van der Waals surface area contributed by atoms with E-state index < -0.39 is 7.14 Å². The minimum atomic E-state index is -2.59. The summed E-state index contributed by atoms with van der Waals surface area (Å²) in [5, 5.41) is 17.6. The van der Waals surface area contributed by atoms with Crippen LogP contribution in [0.4, 0.5) is 28.8 Å². The molecule has 11 nitrogen and oxygen atoms in total. The summed E-state index contributed by atoms with van der Waals surface area (Å²) in [7, 11) is 1.17. The average molecular weight is 559 g/mol. The Labute approximate surface area is 232 Å². The Bertz CT molecular complexity index is 1690. The summed E-state index contributed by atoms with van der Waals surface area (Å²) in [6.07, 6.45) is 1.60. The molecule has 2 aromatic heterocycles. The molecule has 4 aromatic rings. The monoisotopic (exact) mass is 558 g/mol. The van der Waals surface area contributed by atoms with Gasteiger partial charge in [0.1, 0.15) is 42.8 Å². The first-order chi connectivity index (χ1) is 19.2. The van der Waals surface area contributed by atoms with Gasteiger partial charge in [0.15, 0.2) is 0 Å². The molecule has 3 N–H and O–H groups in total. The summed E-state index contributed by atoms with van der Waals surface area (Å²) in [5.74, 6) is 2.11. The van der Waals surface area contributed by atoms with E-state index in [1.54, 1.807) is 26.6 Å². The number of methoxy groups -OCH3 is 1. The Balaban J connectivity index is 1.39. The zero-order valence-electron chi connectivity index (χ0n) is 22.9. The van der Waals surface area contributed by atoms with Crippen molar-refractivity contribution >= 4 is 52.3 Å². The van der Waals surface area contributed by atoms with Crippen molar-refractivity contribution in [3.63, 3.8) is 0 Å². The second kappa shape index (κ2) is 10.0. The third-order valence-corrected chi connectivity index (χ3v) is 8.89. The van der Waals surface area contributed by atoms with E-state index in [1.807, 2.05) is 36.4 Å². The molecule has 0 aliphatic carbocycles. The van der Waals surface area contributed by atoms with Gasteiger partial charge in [0.05, 0.1) is 41.2 Å². The molecular formula is C28H31N8O3P. The van der Waals surface area contributed by atoms with Crippen LogP contribution < -0.4 is 30.3 Å². The number of piperazine rings is 1. The Morgan fingerprint density at radius 2 is 2.00 bits per heavy atom. The normalized spacial score (nSPS) is 17.0. The molecule has 0 bridgehead atoms. The van der Waals surface area contributed by atoms with E-state index in [0.717, 1.165) is 31.1 Å². The predicted octanol–water partition coefficient (Wildman–Crippen LogP) is 4.09. The van der Waals surface area contributed by atoms with Crippen molar-refractivity contribution in [3.05, 3.63) is 48.2 Å². The zero-order chi connectivity index (χ0) is 28.0. The number of aromatic amines is 1. The largest absolute Gasteiger partial charge is 0.494 e. The van der Waals surface area contributed by atoms with Gasteiger partial charge in [-0.3, -0.25) is 0 Å². The molecule has 2 aliphatic heterocycles. The maximum atomic E-state index is 13.0. The third kappa shape index (κ3) is 4.70. The van der Waals surface area contributed by atoms with Crippen molar-refractivity contribution in [1.29, 1.82) is 5.26 Å². The Hall–Kier alpha value is -4.26. The van der Waals surface area contributed by atoms with Crippen molar-refractivity contribution in [1.82, 2.24) is 19.9 Å². The summed E-state index contributed by atoms with van der Waals surface area (Å²) >= 11 is 0. The number of hydrogen-bond acceptors (Lipinski definition) is 10. The van der Waals surface area contributed by atoms with E-state index in [0.29, 0.717) is 63.4 Å². The molecule has 0 spiro atoms. The highest BCUT2D eigenvalue weighted by atomic mass is 31.2. The molecule has 1 fully saturated rings. The lowest BCUT2D eigenvalue weighted by atomic mass is 10.1. The molecule has 12 heteroatoms. The quantitative estimate of drug-likeness (QED) is 0.298. The van der Waals surface area contributed by atoms with E-state index >= 15 is 0 Å². The number of fused-ring (bicyclic) bond motifs is 4. The number of para-hydroxylation sites is 1. The fraction of sp³-hybridized carbons (Fsp3) is 0.321. The van der Waals surface area contributed by atoms with Gasteiger partial charge < -0.3 is 39.5 Å². The first kappa shape index (κ1) is 26.0. The number of ether oxygens (including phenoxy) is 2. The van der Waals surface area contributed by atoms with Crippen LogP contribution in [0.2, 0.25) is 0 Å². The van der Waals surface area contributed by atoms with Crippen LogP contribution in [0.3, 0.4) is 0 Å². The molecule has 0 saturated carbocycles. The highest BCUT2D eigenvalue weighted by Gasteiger charge is 2.33. The van der Waals surface area contributed by atoms with E-state index in [4.69, 9.17) is 14.5 Å². The molecule has 1 atom stereocenters. The first-order valence-corrected chi connectivity index (χ1v) is 15.6. The maximum absolute atomic E-state index is 13.0. The van der Waals surface area contributed by atoms with Crippen LogP contribution in [0.15, 0.2) is 42.6 Å². The number of H-pyrrole nitrogens is 1. The van der Waals surface area contributed by atoms with Crippen LogP contribution >= 0.6 is 7.14 Å². The zero-order valence-corrected chi connectivity index (χ0v) is 23.7. The standard InChI is InChI=1S/C28H31N8O3P/c1-35-9-10-36-18(15-35)16-39-23-11-20(22(38-2)12-21(23)36)32-28-33-26-25(17(13-29)14-30-26)27(34-28)31-19-7-5-6-8-24(19)40(3,4)37/h5-8,11-12,14,18H,9-10,15-16H2,1-4H3,(H3,30,31,32,33,34)/t18-/m1/s1. The van der Waals surface area contributed by atoms with Crippen LogP contribution in [0.5, 0.6) is 11.5 Å². The lowest BCUT2D eigenvalue weighted by molar-refractivity contribution is 0.188. The van der Waals surface area contributed by atoms with E-state index in [1.165, 1.54) is 0 Å².